The number of imidazole rings is 1. The zero-order valence-electron chi connectivity index (χ0n) is 12.0. The number of thiazole rings is 1. The van der Waals surface area contributed by atoms with Gasteiger partial charge in [0, 0.05) is 12.6 Å². The number of rotatable bonds is 4. The summed E-state index contributed by atoms with van der Waals surface area (Å²) >= 11 is 1.77. The highest BCUT2D eigenvalue weighted by Crippen LogP contribution is 2.28. The second kappa shape index (κ2) is 5.73. The first-order valence-corrected chi connectivity index (χ1v) is 8.12. The third-order valence-corrected chi connectivity index (χ3v) is 4.84. The third kappa shape index (κ3) is 2.65. The van der Waals surface area contributed by atoms with Crippen molar-refractivity contribution in [2.24, 2.45) is 0 Å². The SMILES string of the molecule is c1ccc(CCc2ncc(-c3ccc4[nH]cnc4c3)s2)cc1. The summed E-state index contributed by atoms with van der Waals surface area (Å²) < 4.78 is 0. The van der Waals surface area contributed by atoms with Crippen LogP contribution in [0, 0.1) is 0 Å². The minimum absolute atomic E-state index is 0.985. The summed E-state index contributed by atoms with van der Waals surface area (Å²) in [4.78, 5) is 13.2. The number of aromatic nitrogens is 3. The molecule has 3 nitrogen and oxygen atoms in total. The first kappa shape index (κ1) is 13.2. The van der Waals surface area contributed by atoms with Gasteiger partial charge in [-0.2, -0.15) is 0 Å². The average molecular weight is 305 g/mol. The van der Waals surface area contributed by atoms with Crippen molar-refractivity contribution in [2.45, 2.75) is 12.8 Å². The lowest BCUT2D eigenvalue weighted by molar-refractivity contribution is 0.944. The first-order valence-electron chi connectivity index (χ1n) is 7.31. The molecule has 0 unspecified atom stereocenters. The Bertz CT molecular complexity index is 893. The highest BCUT2D eigenvalue weighted by atomic mass is 32.1. The molecule has 0 saturated carbocycles. The molecule has 0 aliphatic rings. The summed E-state index contributed by atoms with van der Waals surface area (Å²) in [6.07, 6.45) is 5.72. The standard InChI is InChI=1S/C18H15N3S/c1-2-4-13(5-3-1)6-9-18-19-11-17(22-18)14-7-8-15-16(10-14)21-12-20-15/h1-5,7-8,10-12H,6,9H2,(H,20,21). The average Bonchev–Trinajstić information content (AvgIpc) is 3.22. The van der Waals surface area contributed by atoms with Crippen LogP contribution >= 0.6 is 11.3 Å². The Morgan fingerprint density at radius 2 is 1.86 bits per heavy atom. The zero-order chi connectivity index (χ0) is 14.8. The van der Waals surface area contributed by atoms with E-state index in [1.165, 1.54) is 21.0 Å². The number of aryl methyl sites for hydroxylation is 2. The summed E-state index contributed by atoms with van der Waals surface area (Å²) in [5, 5.41) is 1.18. The fourth-order valence-corrected chi connectivity index (χ4v) is 3.45. The number of H-pyrrole nitrogens is 1. The summed E-state index contributed by atoms with van der Waals surface area (Å²) in [5.41, 5.74) is 4.61. The summed E-state index contributed by atoms with van der Waals surface area (Å²) in [6, 6.07) is 16.9. The van der Waals surface area contributed by atoms with Crippen molar-refractivity contribution in [3.8, 4) is 10.4 Å². The Balaban J connectivity index is 1.53. The maximum atomic E-state index is 4.57. The number of nitrogens with zero attached hydrogens (tertiary/aromatic N) is 2. The Morgan fingerprint density at radius 1 is 0.955 bits per heavy atom. The second-order valence-electron chi connectivity index (χ2n) is 5.24. The highest BCUT2D eigenvalue weighted by molar-refractivity contribution is 7.15. The van der Waals surface area contributed by atoms with Gasteiger partial charge >= 0.3 is 0 Å². The van der Waals surface area contributed by atoms with Crippen molar-refractivity contribution in [3.63, 3.8) is 0 Å². The summed E-state index contributed by atoms with van der Waals surface area (Å²) in [7, 11) is 0. The minimum Gasteiger partial charge on any atom is -0.345 e. The van der Waals surface area contributed by atoms with Crippen molar-refractivity contribution in [1.29, 1.82) is 0 Å². The number of benzene rings is 2. The zero-order valence-corrected chi connectivity index (χ0v) is 12.8. The quantitative estimate of drug-likeness (QED) is 0.604. The van der Waals surface area contributed by atoms with E-state index in [1.807, 2.05) is 6.20 Å². The summed E-state index contributed by atoms with van der Waals surface area (Å²) in [5.74, 6) is 0. The van der Waals surface area contributed by atoms with Gasteiger partial charge in [0.05, 0.1) is 27.2 Å². The normalized spacial score (nSPS) is 11.1. The largest absolute Gasteiger partial charge is 0.345 e. The molecule has 0 aliphatic heterocycles. The molecule has 0 spiro atoms. The number of nitrogens with one attached hydrogen (secondary N) is 1. The molecule has 0 aliphatic carbocycles. The molecule has 2 aromatic heterocycles. The first-order chi connectivity index (χ1) is 10.9. The molecule has 2 aromatic carbocycles. The maximum absolute atomic E-state index is 4.57. The highest BCUT2D eigenvalue weighted by Gasteiger charge is 2.06. The van der Waals surface area contributed by atoms with E-state index in [2.05, 4.69) is 63.5 Å². The van der Waals surface area contributed by atoms with Crippen LogP contribution in [0.4, 0.5) is 0 Å². The molecule has 4 rings (SSSR count). The van der Waals surface area contributed by atoms with Crippen molar-refractivity contribution in [2.75, 3.05) is 0 Å². The van der Waals surface area contributed by atoms with Crippen LogP contribution in [0.15, 0.2) is 61.1 Å². The van der Waals surface area contributed by atoms with Crippen molar-refractivity contribution in [3.05, 3.63) is 71.6 Å². The maximum Gasteiger partial charge on any atom is 0.0934 e. The van der Waals surface area contributed by atoms with Gasteiger partial charge in [-0.1, -0.05) is 36.4 Å². The van der Waals surface area contributed by atoms with E-state index < -0.39 is 0 Å². The number of aromatic amines is 1. The third-order valence-electron chi connectivity index (χ3n) is 3.73. The molecule has 0 fully saturated rings. The Kier molecular flexibility index (Phi) is 3.45. The lowest BCUT2D eigenvalue weighted by Gasteiger charge is -1.98. The van der Waals surface area contributed by atoms with Crippen LogP contribution in [-0.2, 0) is 12.8 Å². The van der Waals surface area contributed by atoms with Gasteiger partial charge in [-0.15, -0.1) is 11.3 Å². The van der Waals surface area contributed by atoms with E-state index in [0.717, 1.165) is 23.9 Å². The molecule has 0 bridgehead atoms. The fraction of sp³-hybridized carbons (Fsp3) is 0.111. The molecule has 2 heterocycles. The van der Waals surface area contributed by atoms with Crippen LogP contribution in [0.1, 0.15) is 10.6 Å². The molecule has 4 aromatic rings. The minimum atomic E-state index is 0.985. The van der Waals surface area contributed by atoms with Gasteiger partial charge in [0.15, 0.2) is 0 Å². The van der Waals surface area contributed by atoms with Gasteiger partial charge < -0.3 is 4.98 Å². The molecule has 0 amide bonds. The predicted octanol–water partition coefficient (Wildman–Crippen LogP) is 4.47. The number of hydrogen-bond acceptors (Lipinski definition) is 3. The Labute approximate surface area is 132 Å². The van der Waals surface area contributed by atoms with Crippen LogP contribution < -0.4 is 0 Å². The fourth-order valence-electron chi connectivity index (χ4n) is 2.54. The molecule has 108 valence electrons. The van der Waals surface area contributed by atoms with E-state index in [-0.39, 0.29) is 0 Å². The van der Waals surface area contributed by atoms with Gasteiger partial charge in [-0.05, 0) is 29.7 Å². The van der Waals surface area contributed by atoms with E-state index in [4.69, 9.17) is 0 Å². The molecular formula is C18H15N3S. The van der Waals surface area contributed by atoms with Crippen molar-refractivity contribution in [1.82, 2.24) is 15.0 Å². The van der Waals surface area contributed by atoms with E-state index in [0.29, 0.717) is 0 Å². The molecule has 0 atom stereocenters. The van der Waals surface area contributed by atoms with Gasteiger partial charge in [-0.25, -0.2) is 9.97 Å². The number of fused-ring (bicyclic) bond motifs is 1. The van der Waals surface area contributed by atoms with Gasteiger partial charge in [0.2, 0.25) is 0 Å². The van der Waals surface area contributed by atoms with Crippen LogP contribution in [-0.4, -0.2) is 15.0 Å². The summed E-state index contributed by atoms with van der Waals surface area (Å²) in [6.45, 7) is 0. The van der Waals surface area contributed by atoms with Gasteiger partial charge in [0.25, 0.3) is 0 Å². The molecule has 22 heavy (non-hydrogen) atoms. The van der Waals surface area contributed by atoms with Gasteiger partial charge in [-0.3, -0.25) is 0 Å². The van der Waals surface area contributed by atoms with Crippen LogP contribution in [0.2, 0.25) is 0 Å². The van der Waals surface area contributed by atoms with Crippen molar-refractivity contribution >= 4 is 22.4 Å². The van der Waals surface area contributed by atoms with Crippen molar-refractivity contribution < 1.29 is 0 Å². The van der Waals surface area contributed by atoms with Crippen LogP contribution in [0.25, 0.3) is 21.5 Å². The molecule has 4 heteroatoms. The topological polar surface area (TPSA) is 41.6 Å². The Morgan fingerprint density at radius 3 is 2.77 bits per heavy atom. The van der Waals surface area contributed by atoms with E-state index >= 15 is 0 Å². The van der Waals surface area contributed by atoms with Crippen LogP contribution in [0.3, 0.4) is 0 Å². The molecule has 0 radical (unpaired) electrons. The Hall–Kier alpha value is -2.46. The lowest BCUT2D eigenvalue weighted by atomic mass is 10.1. The molecular weight excluding hydrogens is 290 g/mol. The smallest absolute Gasteiger partial charge is 0.0934 e. The lowest BCUT2D eigenvalue weighted by Crippen LogP contribution is -1.89. The monoisotopic (exact) mass is 305 g/mol. The van der Waals surface area contributed by atoms with Gasteiger partial charge in [0.1, 0.15) is 0 Å². The molecule has 0 saturated heterocycles. The second-order valence-corrected chi connectivity index (χ2v) is 6.35. The van der Waals surface area contributed by atoms with E-state index in [9.17, 15) is 0 Å². The number of hydrogen-bond donors (Lipinski definition) is 1. The predicted molar refractivity (Wildman–Crippen MR) is 91.1 cm³/mol. The van der Waals surface area contributed by atoms with E-state index in [1.54, 1.807) is 17.7 Å². The van der Waals surface area contributed by atoms with Crippen LogP contribution in [0.5, 0.6) is 0 Å². The molecule has 1 N–H and O–H groups in total.